The molecule has 1 saturated heterocycles. The molecule has 2 aromatic rings. The third-order valence-electron chi connectivity index (χ3n) is 5.64. The minimum Gasteiger partial charge on any atom is -0.550 e. The first-order valence-corrected chi connectivity index (χ1v) is 10.2. The predicted octanol–water partition coefficient (Wildman–Crippen LogP) is -1.86. The molecule has 2 aliphatic rings. The van der Waals surface area contributed by atoms with E-state index in [1.807, 2.05) is 9.80 Å². The van der Waals surface area contributed by atoms with Crippen LogP contribution in [0.5, 0.6) is 0 Å². The van der Waals surface area contributed by atoms with Gasteiger partial charge in [-0.05, 0) is 37.1 Å². The average molecular weight is 456 g/mol. The van der Waals surface area contributed by atoms with E-state index in [1.54, 1.807) is 24.3 Å². The van der Waals surface area contributed by atoms with Gasteiger partial charge in [-0.15, -0.1) is 0 Å². The van der Waals surface area contributed by atoms with Gasteiger partial charge >= 0.3 is 5.97 Å². The normalized spacial score (nSPS) is 17.5. The zero-order chi connectivity index (χ0) is 23.7. The molecule has 6 N–H and O–H groups in total. The molecular formula is C20H22N7O6-. The van der Waals surface area contributed by atoms with Crippen molar-refractivity contribution < 1.29 is 24.6 Å². The molecule has 1 amide bonds. The number of carboxylic acid groups (broad SMARTS) is 2. The highest BCUT2D eigenvalue weighted by Gasteiger charge is 2.37. The molecule has 1 unspecified atom stereocenters. The number of hydrogen-bond donors (Lipinski definition) is 5. The van der Waals surface area contributed by atoms with E-state index in [-0.39, 0.29) is 29.5 Å². The number of aromatic amines is 1. The Morgan fingerprint density at radius 3 is 2.70 bits per heavy atom. The molecule has 0 saturated carbocycles. The van der Waals surface area contributed by atoms with Crippen LogP contribution in [0.2, 0.25) is 0 Å². The van der Waals surface area contributed by atoms with Crippen molar-refractivity contribution >= 4 is 41.0 Å². The number of aromatic nitrogens is 2. The zero-order valence-corrected chi connectivity index (χ0v) is 17.4. The molecule has 0 aliphatic carbocycles. The molecule has 4 rings (SSSR count). The molecule has 3 heterocycles. The van der Waals surface area contributed by atoms with E-state index in [0.717, 1.165) is 5.69 Å². The minimum atomic E-state index is -1.39. The summed E-state index contributed by atoms with van der Waals surface area (Å²) in [5, 5.41) is 25.2. The summed E-state index contributed by atoms with van der Waals surface area (Å²) in [5.41, 5.74) is 6.77. The summed E-state index contributed by atoms with van der Waals surface area (Å²) >= 11 is 0. The first-order chi connectivity index (χ1) is 15.7. The molecular weight excluding hydrogens is 434 g/mol. The fourth-order valence-corrected chi connectivity index (χ4v) is 4.00. The molecule has 0 spiro atoms. The molecule has 1 fully saturated rings. The van der Waals surface area contributed by atoms with Gasteiger partial charge in [-0.3, -0.25) is 14.6 Å². The number of nitrogens with two attached hydrogens (primary N) is 1. The van der Waals surface area contributed by atoms with Crippen LogP contribution in [0.15, 0.2) is 29.1 Å². The molecule has 13 nitrogen and oxygen atoms in total. The van der Waals surface area contributed by atoms with Gasteiger partial charge in [-0.1, -0.05) is 0 Å². The first kappa shape index (κ1) is 21.9. The summed E-state index contributed by atoms with van der Waals surface area (Å²) in [5.74, 6) is -2.86. The molecule has 33 heavy (non-hydrogen) atoms. The number of carboxylic acids is 2. The number of nitrogen functional groups attached to an aromatic ring is 1. The monoisotopic (exact) mass is 456 g/mol. The summed E-state index contributed by atoms with van der Waals surface area (Å²) in [6, 6.07) is 5.26. The second kappa shape index (κ2) is 8.68. The molecule has 13 heteroatoms. The van der Waals surface area contributed by atoms with Gasteiger partial charge < -0.3 is 41.2 Å². The maximum atomic E-state index is 12.4. The maximum absolute atomic E-state index is 12.4. The topological polar surface area (TPSA) is 197 Å². The van der Waals surface area contributed by atoms with Crippen molar-refractivity contribution in [3.63, 3.8) is 0 Å². The quantitative estimate of drug-likeness (QED) is 0.313. The van der Waals surface area contributed by atoms with Gasteiger partial charge in [-0.25, -0.2) is 4.79 Å². The summed E-state index contributed by atoms with van der Waals surface area (Å²) in [6.45, 7) is 1.65. The number of fused-ring (bicyclic) bond motifs is 3. The number of rotatable bonds is 7. The number of aliphatic carboxylic acids is 2. The van der Waals surface area contributed by atoms with Crippen LogP contribution < -0.4 is 36.8 Å². The smallest absolute Gasteiger partial charge is 0.326 e. The number of benzene rings is 1. The van der Waals surface area contributed by atoms with E-state index in [0.29, 0.717) is 31.3 Å². The third-order valence-corrected chi connectivity index (χ3v) is 5.64. The van der Waals surface area contributed by atoms with Gasteiger partial charge in [0.2, 0.25) is 5.95 Å². The van der Waals surface area contributed by atoms with Crippen LogP contribution in [0.25, 0.3) is 0 Å². The molecule has 2 aliphatic heterocycles. The Labute approximate surface area is 187 Å². The summed E-state index contributed by atoms with van der Waals surface area (Å²) < 4.78 is 0. The van der Waals surface area contributed by atoms with Crippen LogP contribution in [0, 0.1) is 0 Å². The second-order valence-corrected chi connectivity index (χ2v) is 7.84. The lowest BCUT2D eigenvalue weighted by Gasteiger charge is -2.31. The highest BCUT2D eigenvalue weighted by Crippen LogP contribution is 2.32. The van der Waals surface area contributed by atoms with Crippen molar-refractivity contribution in [1.29, 1.82) is 0 Å². The largest absolute Gasteiger partial charge is 0.550 e. The lowest BCUT2D eigenvalue weighted by Crippen LogP contribution is -2.44. The van der Waals surface area contributed by atoms with Crippen LogP contribution in [-0.4, -0.2) is 64.8 Å². The van der Waals surface area contributed by atoms with E-state index in [1.165, 1.54) is 0 Å². The Morgan fingerprint density at radius 2 is 2.03 bits per heavy atom. The second-order valence-electron chi connectivity index (χ2n) is 7.84. The van der Waals surface area contributed by atoms with Crippen LogP contribution in [0.4, 0.5) is 23.1 Å². The summed E-state index contributed by atoms with van der Waals surface area (Å²) in [6.07, 6.45) is -0.757. The van der Waals surface area contributed by atoms with Gasteiger partial charge in [0, 0.05) is 30.3 Å². The fourth-order valence-electron chi connectivity index (χ4n) is 4.00. The molecule has 1 aromatic carbocycles. The zero-order valence-electron chi connectivity index (χ0n) is 17.4. The first-order valence-electron chi connectivity index (χ1n) is 10.2. The summed E-state index contributed by atoms with van der Waals surface area (Å²) in [7, 11) is 0. The van der Waals surface area contributed by atoms with Gasteiger partial charge in [0.05, 0.1) is 12.7 Å². The Kier molecular flexibility index (Phi) is 5.77. The van der Waals surface area contributed by atoms with Crippen molar-refractivity contribution in [2.45, 2.75) is 24.9 Å². The fraction of sp³-hybridized carbons (Fsp3) is 0.350. The Hall–Kier alpha value is -4.29. The number of carbonyl (C=O) groups is 3. The molecule has 0 bridgehead atoms. The standard InChI is InChI=1S/C20H23N7O6/c21-20-24-16-15(18(31)25-20)27-9-26(8-12(27)7-22-16)11-3-1-10(2-4-11)17(30)23-13(19(32)33)5-6-14(28)29/h1-4,12-13H,5-9H2,(H,23,30)(H,28,29)(H,32,33)(H4,21,22,24,25,31)/p-1/t12?,13-/m0/s1. The van der Waals surface area contributed by atoms with Crippen LogP contribution in [-0.2, 0) is 9.59 Å². The number of H-pyrrole nitrogens is 1. The SMILES string of the molecule is Nc1nc2c(c(=O)[nH]1)N1CN(c3ccc(C(=O)N[C@@H](CCC(=O)[O-])C(=O)O)cc3)CC1CN2. The van der Waals surface area contributed by atoms with Crippen molar-refractivity contribution in [2.24, 2.45) is 0 Å². The van der Waals surface area contributed by atoms with E-state index in [9.17, 15) is 29.4 Å². The number of amides is 1. The number of nitrogens with one attached hydrogen (secondary N) is 3. The van der Waals surface area contributed by atoms with Gasteiger partial charge in [0.1, 0.15) is 11.7 Å². The molecule has 2 atom stereocenters. The summed E-state index contributed by atoms with van der Waals surface area (Å²) in [4.78, 5) is 57.4. The number of hydrogen-bond acceptors (Lipinski definition) is 10. The molecule has 174 valence electrons. The molecule has 1 aromatic heterocycles. The minimum absolute atomic E-state index is 0.0343. The highest BCUT2D eigenvalue weighted by molar-refractivity contribution is 5.97. The third kappa shape index (κ3) is 4.51. The lowest BCUT2D eigenvalue weighted by molar-refractivity contribution is -0.305. The highest BCUT2D eigenvalue weighted by atomic mass is 16.4. The van der Waals surface area contributed by atoms with E-state index >= 15 is 0 Å². The van der Waals surface area contributed by atoms with Gasteiger partial charge in [-0.2, -0.15) is 4.98 Å². The molecule has 0 radical (unpaired) electrons. The van der Waals surface area contributed by atoms with E-state index in [2.05, 4.69) is 20.6 Å². The van der Waals surface area contributed by atoms with Crippen LogP contribution >= 0.6 is 0 Å². The van der Waals surface area contributed by atoms with Crippen LogP contribution in [0.1, 0.15) is 23.2 Å². The number of nitrogens with zero attached hydrogens (tertiary/aromatic N) is 3. The lowest BCUT2D eigenvalue weighted by atomic mass is 10.1. The van der Waals surface area contributed by atoms with Crippen molar-refractivity contribution in [1.82, 2.24) is 15.3 Å². The van der Waals surface area contributed by atoms with Crippen molar-refractivity contribution in [3.05, 3.63) is 40.2 Å². The Bertz CT molecular complexity index is 1150. The average Bonchev–Trinajstić information content (AvgIpc) is 3.20. The predicted molar refractivity (Wildman–Crippen MR) is 116 cm³/mol. The number of anilines is 4. The van der Waals surface area contributed by atoms with Crippen LogP contribution in [0.3, 0.4) is 0 Å². The Morgan fingerprint density at radius 1 is 1.30 bits per heavy atom. The van der Waals surface area contributed by atoms with Gasteiger partial charge in [0.25, 0.3) is 11.5 Å². The van der Waals surface area contributed by atoms with E-state index < -0.39 is 30.3 Å². The Balaban J connectivity index is 1.45. The van der Waals surface area contributed by atoms with Gasteiger partial charge in [0.15, 0.2) is 5.82 Å². The van der Waals surface area contributed by atoms with E-state index in [4.69, 9.17) is 5.73 Å². The number of carbonyl (C=O) groups excluding carboxylic acids is 2. The van der Waals surface area contributed by atoms with Crippen molar-refractivity contribution in [2.75, 3.05) is 40.6 Å². The maximum Gasteiger partial charge on any atom is 0.326 e. The van der Waals surface area contributed by atoms with Crippen molar-refractivity contribution in [3.8, 4) is 0 Å².